The number of nitrogen functional groups attached to an aromatic ring is 1. The SMILES string of the molecule is CC(NC(=O)Cc1cccc(N)c1)C1CCOCC1. The van der Waals surface area contributed by atoms with Crippen LogP contribution in [0.4, 0.5) is 5.69 Å². The Morgan fingerprint density at radius 3 is 2.89 bits per heavy atom. The van der Waals surface area contributed by atoms with Gasteiger partial charge in [-0.3, -0.25) is 4.79 Å². The molecule has 0 radical (unpaired) electrons. The van der Waals surface area contributed by atoms with Crippen LogP contribution < -0.4 is 11.1 Å². The Morgan fingerprint density at radius 1 is 1.47 bits per heavy atom. The summed E-state index contributed by atoms with van der Waals surface area (Å²) in [5, 5.41) is 3.08. The minimum atomic E-state index is 0.0598. The van der Waals surface area contributed by atoms with Crippen molar-refractivity contribution in [3.05, 3.63) is 29.8 Å². The molecule has 1 aromatic carbocycles. The molecular formula is C15H22N2O2. The minimum Gasteiger partial charge on any atom is -0.399 e. The lowest BCUT2D eigenvalue weighted by atomic mass is 9.93. The van der Waals surface area contributed by atoms with Crippen molar-refractivity contribution in [3.63, 3.8) is 0 Å². The molecule has 4 nitrogen and oxygen atoms in total. The highest BCUT2D eigenvalue weighted by molar-refractivity contribution is 5.79. The second kappa shape index (κ2) is 6.57. The second-order valence-electron chi connectivity index (χ2n) is 5.23. The molecule has 0 spiro atoms. The van der Waals surface area contributed by atoms with Gasteiger partial charge in [-0.2, -0.15) is 0 Å². The van der Waals surface area contributed by atoms with Gasteiger partial charge in [0.1, 0.15) is 0 Å². The Hall–Kier alpha value is -1.55. The molecule has 0 aliphatic carbocycles. The zero-order chi connectivity index (χ0) is 13.7. The number of amides is 1. The van der Waals surface area contributed by atoms with Gasteiger partial charge in [0, 0.05) is 24.9 Å². The summed E-state index contributed by atoms with van der Waals surface area (Å²) in [5.74, 6) is 0.586. The number of carbonyl (C=O) groups excluding carboxylic acids is 1. The maximum atomic E-state index is 12.0. The molecule has 0 saturated carbocycles. The monoisotopic (exact) mass is 262 g/mol. The third-order valence-corrected chi connectivity index (χ3v) is 3.68. The molecule has 1 atom stereocenters. The topological polar surface area (TPSA) is 64.4 Å². The smallest absolute Gasteiger partial charge is 0.224 e. The molecule has 0 aromatic heterocycles. The van der Waals surface area contributed by atoms with Gasteiger partial charge < -0.3 is 15.8 Å². The molecule has 4 heteroatoms. The van der Waals surface area contributed by atoms with Gasteiger partial charge >= 0.3 is 0 Å². The molecule has 1 heterocycles. The van der Waals surface area contributed by atoms with E-state index in [0.29, 0.717) is 18.0 Å². The largest absolute Gasteiger partial charge is 0.399 e. The molecule has 1 aromatic rings. The van der Waals surface area contributed by atoms with Crippen LogP contribution in [0.25, 0.3) is 0 Å². The molecule has 3 N–H and O–H groups in total. The number of benzene rings is 1. The zero-order valence-corrected chi connectivity index (χ0v) is 11.4. The van der Waals surface area contributed by atoms with E-state index in [2.05, 4.69) is 12.2 Å². The van der Waals surface area contributed by atoms with E-state index in [1.807, 2.05) is 24.3 Å². The van der Waals surface area contributed by atoms with Gasteiger partial charge in [-0.25, -0.2) is 0 Å². The molecule has 19 heavy (non-hydrogen) atoms. The van der Waals surface area contributed by atoms with Crippen molar-refractivity contribution in [1.29, 1.82) is 0 Å². The number of ether oxygens (including phenoxy) is 1. The molecule has 1 aliphatic rings. The van der Waals surface area contributed by atoms with Crippen LogP contribution in [0.2, 0.25) is 0 Å². The number of carbonyl (C=O) groups is 1. The first kappa shape index (κ1) is 13.9. The summed E-state index contributed by atoms with van der Waals surface area (Å²) in [6.07, 6.45) is 2.44. The van der Waals surface area contributed by atoms with Crippen LogP contribution in [-0.4, -0.2) is 25.2 Å². The Kier molecular flexibility index (Phi) is 4.80. The summed E-state index contributed by atoms with van der Waals surface area (Å²) in [5.41, 5.74) is 7.36. The van der Waals surface area contributed by atoms with Crippen molar-refractivity contribution in [3.8, 4) is 0 Å². The van der Waals surface area contributed by atoms with Gasteiger partial charge in [0.05, 0.1) is 6.42 Å². The Bertz CT molecular complexity index is 428. The summed E-state index contributed by atoms with van der Waals surface area (Å²) in [6.45, 7) is 3.69. The van der Waals surface area contributed by atoms with Crippen LogP contribution in [0, 0.1) is 5.92 Å². The van der Waals surface area contributed by atoms with E-state index < -0.39 is 0 Å². The fourth-order valence-electron chi connectivity index (χ4n) is 2.53. The van der Waals surface area contributed by atoms with Crippen LogP contribution in [0.5, 0.6) is 0 Å². The first-order chi connectivity index (χ1) is 9.15. The highest BCUT2D eigenvalue weighted by Gasteiger charge is 2.21. The van der Waals surface area contributed by atoms with Crippen molar-refractivity contribution < 1.29 is 9.53 Å². The van der Waals surface area contributed by atoms with Gasteiger partial charge in [-0.1, -0.05) is 12.1 Å². The standard InChI is InChI=1S/C15H22N2O2/c1-11(13-5-7-19-8-6-13)17-15(18)10-12-3-2-4-14(16)9-12/h2-4,9,11,13H,5-8,10,16H2,1H3,(H,17,18). The lowest BCUT2D eigenvalue weighted by Crippen LogP contribution is -2.40. The van der Waals surface area contributed by atoms with E-state index in [0.717, 1.165) is 31.6 Å². The molecule has 1 fully saturated rings. The van der Waals surface area contributed by atoms with Crippen molar-refractivity contribution in [2.24, 2.45) is 5.92 Å². The minimum absolute atomic E-state index is 0.0598. The fraction of sp³-hybridized carbons (Fsp3) is 0.533. The zero-order valence-electron chi connectivity index (χ0n) is 11.4. The number of nitrogens with two attached hydrogens (primary N) is 1. The van der Waals surface area contributed by atoms with Gasteiger partial charge in [0.25, 0.3) is 0 Å². The first-order valence-corrected chi connectivity index (χ1v) is 6.86. The van der Waals surface area contributed by atoms with Crippen LogP contribution >= 0.6 is 0 Å². The van der Waals surface area contributed by atoms with E-state index in [9.17, 15) is 4.79 Å². The maximum absolute atomic E-state index is 12.0. The summed E-state index contributed by atoms with van der Waals surface area (Å²) in [7, 11) is 0. The molecule has 2 rings (SSSR count). The average molecular weight is 262 g/mol. The molecule has 104 valence electrons. The lowest BCUT2D eigenvalue weighted by Gasteiger charge is -2.28. The molecular weight excluding hydrogens is 240 g/mol. The number of hydrogen-bond acceptors (Lipinski definition) is 3. The quantitative estimate of drug-likeness (QED) is 0.812. The van der Waals surface area contributed by atoms with Crippen LogP contribution in [0.3, 0.4) is 0 Å². The Morgan fingerprint density at radius 2 is 2.21 bits per heavy atom. The number of anilines is 1. The summed E-state index contributed by atoms with van der Waals surface area (Å²) in [4.78, 5) is 12.0. The third-order valence-electron chi connectivity index (χ3n) is 3.68. The van der Waals surface area contributed by atoms with Crippen LogP contribution in [-0.2, 0) is 16.0 Å². The van der Waals surface area contributed by atoms with Crippen molar-refractivity contribution >= 4 is 11.6 Å². The van der Waals surface area contributed by atoms with Crippen LogP contribution in [0.15, 0.2) is 24.3 Å². The predicted octanol–water partition coefficient (Wildman–Crippen LogP) is 1.74. The maximum Gasteiger partial charge on any atom is 0.224 e. The predicted molar refractivity (Wildman–Crippen MR) is 75.7 cm³/mol. The molecule has 1 aliphatic heterocycles. The number of nitrogens with one attached hydrogen (secondary N) is 1. The summed E-state index contributed by atoms with van der Waals surface area (Å²) >= 11 is 0. The van der Waals surface area contributed by atoms with E-state index in [1.165, 1.54) is 0 Å². The molecule has 1 saturated heterocycles. The van der Waals surface area contributed by atoms with E-state index in [-0.39, 0.29) is 11.9 Å². The Labute approximate surface area is 114 Å². The highest BCUT2D eigenvalue weighted by Crippen LogP contribution is 2.18. The lowest BCUT2D eigenvalue weighted by molar-refractivity contribution is -0.121. The van der Waals surface area contributed by atoms with Crippen molar-refractivity contribution in [1.82, 2.24) is 5.32 Å². The molecule has 0 bridgehead atoms. The van der Waals surface area contributed by atoms with Crippen LogP contribution in [0.1, 0.15) is 25.3 Å². The van der Waals surface area contributed by atoms with Gasteiger partial charge in [0.15, 0.2) is 0 Å². The van der Waals surface area contributed by atoms with E-state index in [4.69, 9.17) is 10.5 Å². The van der Waals surface area contributed by atoms with Crippen molar-refractivity contribution in [2.75, 3.05) is 18.9 Å². The average Bonchev–Trinajstić information content (AvgIpc) is 2.39. The number of hydrogen-bond donors (Lipinski definition) is 2. The molecule has 1 unspecified atom stereocenters. The van der Waals surface area contributed by atoms with E-state index in [1.54, 1.807) is 0 Å². The number of rotatable bonds is 4. The van der Waals surface area contributed by atoms with Gasteiger partial charge in [0.2, 0.25) is 5.91 Å². The fourth-order valence-corrected chi connectivity index (χ4v) is 2.53. The summed E-state index contributed by atoms with van der Waals surface area (Å²) < 4.78 is 5.34. The van der Waals surface area contributed by atoms with E-state index >= 15 is 0 Å². The highest BCUT2D eigenvalue weighted by atomic mass is 16.5. The first-order valence-electron chi connectivity index (χ1n) is 6.86. The van der Waals surface area contributed by atoms with Gasteiger partial charge in [-0.15, -0.1) is 0 Å². The Balaban J connectivity index is 1.83. The third kappa shape index (κ3) is 4.24. The van der Waals surface area contributed by atoms with Gasteiger partial charge in [-0.05, 0) is 43.4 Å². The summed E-state index contributed by atoms with van der Waals surface area (Å²) in [6, 6.07) is 7.68. The van der Waals surface area contributed by atoms with Crippen molar-refractivity contribution in [2.45, 2.75) is 32.2 Å². The normalized spacial score (nSPS) is 17.9. The molecule has 1 amide bonds. The second-order valence-corrected chi connectivity index (χ2v) is 5.23.